The molecule has 21 heavy (non-hydrogen) atoms. The average molecular weight is 307 g/mol. The summed E-state index contributed by atoms with van der Waals surface area (Å²) in [6, 6.07) is 12.0. The summed E-state index contributed by atoms with van der Waals surface area (Å²) >= 11 is 6.13. The molecule has 0 aliphatic heterocycles. The van der Waals surface area contributed by atoms with Crippen molar-refractivity contribution in [1.29, 1.82) is 0 Å². The van der Waals surface area contributed by atoms with E-state index in [2.05, 4.69) is 0 Å². The minimum Gasteiger partial charge on any atom is -0.495 e. The second kappa shape index (κ2) is 6.45. The molecule has 0 N–H and O–H groups in total. The van der Waals surface area contributed by atoms with Crippen molar-refractivity contribution in [2.75, 3.05) is 19.1 Å². The number of halogens is 1. The fourth-order valence-electron chi connectivity index (χ4n) is 2.08. The first-order valence-corrected chi connectivity index (χ1v) is 6.67. The molecule has 110 valence electrons. The van der Waals surface area contributed by atoms with E-state index in [1.165, 1.54) is 12.1 Å². The summed E-state index contributed by atoms with van der Waals surface area (Å²) in [7, 11) is 3.49. The minimum atomic E-state index is -0.428. The molecule has 6 heteroatoms. The van der Waals surface area contributed by atoms with Gasteiger partial charge in [0.1, 0.15) is 5.75 Å². The topological polar surface area (TPSA) is 55.6 Å². The van der Waals surface area contributed by atoms with Gasteiger partial charge in [0.05, 0.1) is 17.7 Å². The van der Waals surface area contributed by atoms with Crippen molar-refractivity contribution in [3.8, 4) is 5.75 Å². The lowest BCUT2D eigenvalue weighted by Gasteiger charge is -2.22. The van der Waals surface area contributed by atoms with Crippen LogP contribution in [0, 0.1) is 10.1 Å². The van der Waals surface area contributed by atoms with Crippen molar-refractivity contribution in [3.63, 3.8) is 0 Å². The first-order chi connectivity index (χ1) is 10.0. The van der Waals surface area contributed by atoms with Crippen molar-refractivity contribution < 1.29 is 9.66 Å². The van der Waals surface area contributed by atoms with Gasteiger partial charge in [-0.2, -0.15) is 0 Å². The van der Waals surface area contributed by atoms with E-state index in [9.17, 15) is 10.1 Å². The standard InChI is InChI=1S/C15H15ClN2O3/c1-17(14-5-3-4-6-15(14)21-2)10-11-9-12(18(19)20)7-8-13(11)16/h3-9H,10H2,1-2H3. The van der Waals surface area contributed by atoms with E-state index in [0.717, 1.165) is 11.4 Å². The lowest BCUT2D eigenvalue weighted by molar-refractivity contribution is -0.384. The normalized spacial score (nSPS) is 10.2. The first-order valence-electron chi connectivity index (χ1n) is 6.30. The molecule has 0 atom stereocenters. The summed E-state index contributed by atoms with van der Waals surface area (Å²) in [5.74, 6) is 0.738. The number of methoxy groups -OCH3 is 1. The second-order valence-corrected chi connectivity index (χ2v) is 4.97. The molecular weight excluding hydrogens is 292 g/mol. The number of hydrogen-bond acceptors (Lipinski definition) is 4. The lowest BCUT2D eigenvalue weighted by atomic mass is 10.1. The number of benzene rings is 2. The highest BCUT2D eigenvalue weighted by atomic mass is 35.5. The Hall–Kier alpha value is -2.27. The smallest absolute Gasteiger partial charge is 0.269 e. The third kappa shape index (κ3) is 3.44. The third-order valence-electron chi connectivity index (χ3n) is 3.14. The highest BCUT2D eigenvalue weighted by Gasteiger charge is 2.13. The summed E-state index contributed by atoms with van der Waals surface area (Å²) in [5.41, 5.74) is 1.62. The Labute approximate surface area is 127 Å². The summed E-state index contributed by atoms with van der Waals surface area (Å²) in [6.07, 6.45) is 0. The molecular formula is C15H15ClN2O3. The molecule has 0 heterocycles. The number of ether oxygens (including phenoxy) is 1. The number of hydrogen-bond donors (Lipinski definition) is 0. The molecule has 0 aromatic heterocycles. The number of anilines is 1. The predicted molar refractivity (Wildman–Crippen MR) is 83.2 cm³/mol. The van der Waals surface area contributed by atoms with Gasteiger partial charge >= 0.3 is 0 Å². The maximum Gasteiger partial charge on any atom is 0.269 e. The van der Waals surface area contributed by atoms with E-state index < -0.39 is 4.92 Å². The van der Waals surface area contributed by atoms with Crippen molar-refractivity contribution in [1.82, 2.24) is 0 Å². The van der Waals surface area contributed by atoms with E-state index in [1.807, 2.05) is 36.2 Å². The zero-order chi connectivity index (χ0) is 15.4. The molecule has 0 aliphatic rings. The molecule has 0 bridgehead atoms. The maximum atomic E-state index is 10.8. The van der Waals surface area contributed by atoms with E-state index in [4.69, 9.17) is 16.3 Å². The largest absolute Gasteiger partial charge is 0.495 e. The Morgan fingerprint density at radius 3 is 2.67 bits per heavy atom. The van der Waals surface area contributed by atoms with Gasteiger partial charge in [0, 0.05) is 30.7 Å². The van der Waals surface area contributed by atoms with Gasteiger partial charge in [-0.05, 0) is 23.8 Å². The Kier molecular flexibility index (Phi) is 4.65. The third-order valence-corrected chi connectivity index (χ3v) is 3.51. The van der Waals surface area contributed by atoms with Crippen LogP contribution in [0.4, 0.5) is 11.4 Å². The van der Waals surface area contributed by atoms with Crippen molar-refractivity contribution in [2.24, 2.45) is 0 Å². The molecule has 0 fully saturated rings. The van der Waals surface area contributed by atoms with Crippen LogP contribution in [-0.2, 0) is 6.54 Å². The molecule has 0 aliphatic carbocycles. The van der Waals surface area contributed by atoms with Crippen LogP contribution in [0.15, 0.2) is 42.5 Å². The highest BCUT2D eigenvalue weighted by Crippen LogP contribution is 2.30. The van der Waals surface area contributed by atoms with Crippen LogP contribution in [0.3, 0.4) is 0 Å². The number of nitro benzene ring substituents is 1. The highest BCUT2D eigenvalue weighted by molar-refractivity contribution is 6.31. The van der Waals surface area contributed by atoms with Crippen LogP contribution >= 0.6 is 11.6 Å². The minimum absolute atomic E-state index is 0.0304. The average Bonchev–Trinajstić information content (AvgIpc) is 2.49. The maximum absolute atomic E-state index is 10.8. The summed E-state index contributed by atoms with van der Waals surface area (Å²) in [6.45, 7) is 0.445. The number of nitro groups is 1. The van der Waals surface area contributed by atoms with Crippen LogP contribution in [0.2, 0.25) is 5.02 Å². The van der Waals surface area contributed by atoms with Crippen molar-refractivity contribution >= 4 is 23.0 Å². The van der Waals surface area contributed by atoms with E-state index in [0.29, 0.717) is 17.1 Å². The van der Waals surface area contributed by atoms with Gasteiger partial charge < -0.3 is 9.64 Å². The van der Waals surface area contributed by atoms with Crippen molar-refractivity contribution in [3.05, 3.63) is 63.2 Å². The molecule has 2 aromatic rings. The Morgan fingerprint density at radius 1 is 1.29 bits per heavy atom. The van der Waals surface area contributed by atoms with E-state index in [1.54, 1.807) is 13.2 Å². The summed E-state index contributed by atoms with van der Waals surface area (Å²) in [4.78, 5) is 12.4. The molecule has 2 aromatic carbocycles. The van der Waals surface area contributed by atoms with Gasteiger partial charge in [-0.3, -0.25) is 10.1 Å². The zero-order valence-corrected chi connectivity index (χ0v) is 12.5. The SMILES string of the molecule is COc1ccccc1N(C)Cc1cc([N+](=O)[O-])ccc1Cl. The van der Waals surface area contributed by atoms with E-state index in [-0.39, 0.29) is 5.69 Å². The first kappa shape index (κ1) is 15.1. The molecule has 5 nitrogen and oxygen atoms in total. The predicted octanol–water partition coefficient (Wildman–Crippen LogP) is 3.89. The Balaban J connectivity index is 2.29. The number of para-hydroxylation sites is 2. The molecule has 0 unspecified atom stereocenters. The summed E-state index contributed by atoms with van der Waals surface area (Å²) in [5, 5.41) is 11.4. The number of nitrogens with zero attached hydrogens (tertiary/aromatic N) is 2. The molecule has 2 rings (SSSR count). The van der Waals surface area contributed by atoms with E-state index >= 15 is 0 Å². The van der Waals surface area contributed by atoms with Crippen LogP contribution in [0.25, 0.3) is 0 Å². The number of rotatable bonds is 5. The van der Waals surface area contributed by atoms with Gasteiger partial charge in [-0.1, -0.05) is 23.7 Å². The fourth-order valence-corrected chi connectivity index (χ4v) is 2.26. The molecule has 0 saturated carbocycles. The monoisotopic (exact) mass is 306 g/mol. The van der Waals surface area contributed by atoms with Gasteiger partial charge in [0.25, 0.3) is 5.69 Å². The summed E-state index contributed by atoms with van der Waals surface area (Å²) < 4.78 is 5.31. The second-order valence-electron chi connectivity index (χ2n) is 4.56. The number of non-ortho nitro benzene ring substituents is 1. The Morgan fingerprint density at radius 2 is 2.00 bits per heavy atom. The van der Waals surface area contributed by atoms with Gasteiger partial charge in [0.2, 0.25) is 0 Å². The van der Waals surface area contributed by atoms with Crippen LogP contribution in [-0.4, -0.2) is 19.1 Å². The molecule has 0 saturated heterocycles. The van der Waals surface area contributed by atoms with Crippen molar-refractivity contribution in [2.45, 2.75) is 6.54 Å². The van der Waals surface area contributed by atoms with Crippen LogP contribution in [0.1, 0.15) is 5.56 Å². The fraction of sp³-hybridized carbons (Fsp3) is 0.200. The molecule has 0 spiro atoms. The van der Waals surface area contributed by atoms with Gasteiger partial charge in [-0.15, -0.1) is 0 Å². The van der Waals surface area contributed by atoms with Crippen LogP contribution in [0.5, 0.6) is 5.75 Å². The lowest BCUT2D eigenvalue weighted by Crippen LogP contribution is -2.17. The molecule has 0 amide bonds. The van der Waals surface area contributed by atoms with Gasteiger partial charge in [-0.25, -0.2) is 0 Å². The Bertz CT molecular complexity index is 661. The molecule has 0 radical (unpaired) electrons. The zero-order valence-electron chi connectivity index (χ0n) is 11.7. The van der Waals surface area contributed by atoms with Crippen LogP contribution < -0.4 is 9.64 Å². The van der Waals surface area contributed by atoms with Gasteiger partial charge in [0.15, 0.2) is 0 Å². The quantitative estimate of drug-likeness (QED) is 0.621.